The molecule has 0 fully saturated rings. The molecule has 0 amide bonds. The minimum Gasteiger partial charge on any atom is -0.380 e. The average Bonchev–Trinajstić information content (AvgIpc) is 2.41. The van der Waals surface area contributed by atoms with Crippen molar-refractivity contribution in [3.05, 3.63) is 29.3 Å². The zero-order valence-electron chi connectivity index (χ0n) is 11.3. The van der Waals surface area contributed by atoms with Gasteiger partial charge >= 0.3 is 0 Å². The van der Waals surface area contributed by atoms with Crippen molar-refractivity contribution in [3.8, 4) is 6.07 Å². The quantitative estimate of drug-likeness (QED) is 0.772. The molecule has 0 bridgehead atoms. The predicted molar refractivity (Wildman–Crippen MR) is 72.0 cm³/mol. The summed E-state index contributed by atoms with van der Waals surface area (Å²) in [5.74, 6) is -1.45. The van der Waals surface area contributed by atoms with Crippen LogP contribution in [0.4, 0.5) is 14.5 Å². The number of rotatable bonds is 7. The van der Waals surface area contributed by atoms with Crippen LogP contribution < -0.4 is 5.32 Å². The lowest BCUT2D eigenvalue weighted by atomic mass is 10.2. The van der Waals surface area contributed by atoms with Crippen LogP contribution in [0, 0.1) is 23.0 Å². The van der Waals surface area contributed by atoms with Crippen LogP contribution in [0.2, 0.25) is 0 Å². The van der Waals surface area contributed by atoms with Gasteiger partial charge in [0.1, 0.15) is 5.69 Å². The molecule has 1 N–H and O–H groups in total. The zero-order valence-corrected chi connectivity index (χ0v) is 11.3. The summed E-state index contributed by atoms with van der Waals surface area (Å²) in [4.78, 5) is 2.24. The van der Waals surface area contributed by atoms with Crippen molar-refractivity contribution in [2.75, 3.05) is 31.5 Å². The summed E-state index contributed by atoms with van der Waals surface area (Å²) >= 11 is 0. The molecule has 104 valence electrons. The van der Waals surface area contributed by atoms with E-state index >= 15 is 0 Å². The van der Waals surface area contributed by atoms with Gasteiger partial charge in [-0.3, -0.25) is 0 Å². The molecule has 3 nitrogen and oxygen atoms in total. The van der Waals surface area contributed by atoms with Crippen molar-refractivity contribution in [1.29, 1.82) is 5.26 Å². The van der Waals surface area contributed by atoms with E-state index in [4.69, 9.17) is 5.26 Å². The SMILES string of the molecule is CCN(CC)CCCNc1c(F)cc(C#N)cc1F. The Kier molecular flexibility index (Phi) is 6.23. The molecule has 5 heteroatoms. The van der Waals surface area contributed by atoms with E-state index in [1.165, 1.54) is 0 Å². The Morgan fingerprint density at radius 1 is 1.21 bits per heavy atom. The molecule has 0 heterocycles. The van der Waals surface area contributed by atoms with Crippen molar-refractivity contribution in [1.82, 2.24) is 4.90 Å². The van der Waals surface area contributed by atoms with E-state index < -0.39 is 11.6 Å². The molecule has 0 spiro atoms. The van der Waals surface area contributed by atoms with Gasteiger partial charge in [-0.25, -0.2) is 8.78 Å². The van der Waals surface area contributed by atoms with Crippen molar-refractivity contribution in [3.63, 3.8) is 0 Å². The molecule has 0 aliphatic heterocycles. The summed E-state index contributed by atoms with van der Waals surface area (Å²) in [5, 5.41) is 11.3. The molecule has 1 aromatic rings. The lowest BCUT2D eigenvalue weighted by Gasteiger charge is -2.18. The zero-order chi connectivity index (χ0) is 14.3. The van der Waals surface area contributed by atoms with Crippen molar-refractivity contribution in [2.45, 2.75) is 20.3 Å². The Bertz CT molecular complexity index is 427. The third kappa shape index (κ3) is 4.49. The van der Waals surface area contributed by atoms with E-state index in [0.717, 1.165) is 38.2 Å². The number of nitrogens with one attached hydrogen (secondary N) is 1. The van der Waals surface area contributed by atoms with Crippen LogP contribution >= 0.6 is 0 Å². The fraction of sp³-hybridized carbons (Fsp3) is 0.500. The van der Waals surface area contributed by atoms with Crippen LogP contribution in [0.5, 0.6) is 0 Å². The van der Waals surface area contributed by atoms with E-state index in [9.17, 15) is 8.78 Å². The summed E-state index contributed by atoms with van der Waals surface area (Å²) in [6.07, 6.45) is 0.806. The largest absolute Gasteiger partial charge is 0.380 e. The number of hydrogen-bond donors (Lipinski definition) is 1. The van der Waals surface area contributed by atoms with Gasteiger partial charge in [-0.05, 0) is 38.2 Å². The number of nitrogens with zero attached hydrogens (tertiary/aromatic N) is 2. The first-order valence-electron chi connectivity index (χ1n) is 6.47. The molecule has 0 saturated carbocycles. The molecule has 1 aromatic carbocycles. The highest BCUT2D eigenvalue weighted by atomic mass is 19.1. The van der Waals surface area contributed by atoms with Gasteiger partial charge in [0.15, 0.2) is 11.6 Å². The fourth-order valence-electron chi connectivity index (χ4n) is 1.86. The first-order chi connectivity index (χ1) is 9.12. The number of halogens is 2. The van der Waals surface area contributed by atoms with E-state index in [1.807, 2.05) is 0 Å². The fourth-order valence-corrected chi connectivity index (χ4v) is 1.86. The maximum absolute atomic E-state index is 13.6. The van der Waals surface area contributed by atoms with Gasteiger partial charge in [-0.15, -0.1) is 0 Å². The van der Waals surface area contributed by atoms with Crippen LogP contribution in [0.3, 0.4) is 0 Å². The molecule has 0 atom stereocenters. The number of nitriles is 1. The third-order valence-corrected chi connectivity index (χ3v) is 3.02. The highest BCUT2D eigenvalue weighted by Gasteiger charge is 2.10. The lowest BCUT2D eigenvalue weighted by Crippen LogP contribution is -2.25. The second-order valence-electron chi connectivity index (χ2n) is 4.23. The van der Waals surface area contributed by atoms with Gasteiger partial charge in [0, 0.05) is 6.54 Å². The van der Waals surface area contributed by atoms with E-state index in [1.54, 1.807) is 6.07 Å². The van der Waals surface area contributed by atoms with Crippen LogP contribution in [0.1, 0.15) is 25.8 Å². The third-order valence-electron chi connectivity index (χ3n) is 3.02. The molecular weight excluding hydrogens is 248 g/mol. The van der Waals surface area contributed by atoms with Gasteiger partial charge in [-0.2, -0.15) is 5.26 Å². The number of benzene rings is 1. The Labute approximate surface area is 112 Å². The first-order valence-corrected chi connectivity index (χ1v) is 6.47. The molecule has 0 saturated heterocycles. The molecule has 0 aliphatic rings. The monoisotopic (exact) mass is 267 g/mol. The van der Waals surface area contributed by atoms with E-state index in [2.05, 4.69) is 24.1 Å². The van der Waals surface area contributed by atoms with Gasteiger partial charge in [-0.1, -0.05) is 13.8 Å². The smallest absolute Gasteiger partial charge is 0.150 e. The maximum Gasteiger partial charge on any atom is 0.150 e. The molecule has 1 rings (SSSR count). The van der Waals surface area contributed by atoms with Crippen molar-refractivity contribution < 1.29 is 8.78 Å². The highest BCUT2D eigenvalue weighted by molar-refractivity contribution is 5.50. The topological polar surface area (TPSA) is 39.1 Å². The Balaban J connectivity index is 2.52. The standard InChI is InChI=1S/C14H19F2N3/c1-3-19(4-2)7-5-6-18-14-12(15)8-11(10-17)9-13(14)16/h8-9,18H,3-7H2,1-2H3. The second-order valence-corrected chi connectivity index (χ2v) is 4.23. The average molecular weight is 267 g/mol. The first kappa shape index (κ1) is 15.4. The summed E-state index contributed by atoms with van der Waals surface area (Å²) in [6.45, 7) is 7.48. The van der Waals surface area contributed by atoms with Gasteiger partial charge in [0.25, 0.3) is 0 Å². The summed E-state index contributed by atoms with van der Waals surface area (Å²) < 4.78 is 27.1. The van der Waals surface area contributed by atoms with Crippen molar-refractivity contribution >= 4 is 5.69 Å². The summed E-state index contributed by atoms with van der Waals surface area (Å²) in [6, 6.07) is 3.79. The van der Waals surface area contributed by atoms with Gasteiger partial charge in [0.2, 0.25) is 0 Å². The highest BCUT2D eigenvalue weighted by Crippen LogP contribution is 2.20. The molecule has 0 unspecified atom stereocenters. The molecular formula is C14H19F2N3. The van der Waals surface area contributed by atoms with Crippen LogP contribution in [-0.2, 0) is 0 Å². The van der Waals surface area contributed by atoms with Crippen LogP contribution in [-0.4, -0.2) is 31.1 Å². The Hall–Kier alpha value is -1.67. The summed E-state index contributed by atoms with van der Waals surface area (Å²) in [7, 11) is 0. The van der Waals surface area contributed by atoms with E-state index in [-0.39, 0.29) is 11.3 Å². The van der Waals surface area contributed by atoms with Crippen LogP contribution in [0.15, 0.2) is 12.1 Å². The normalized spacial score (nSPS) is 10.5. The minimum atomic E-state index is -0.723. The predicted octanol–water partition coefficient (Wildman–Crippen LogP) is 2.98. The molecule has 0 aliphatic carbocycles. The number of anilines is 1. The van der Waals surface area contributed by atoms with Gasteiger partial charge in [0.05, 0.1) is 11.6 Å². The summed E-state index contributed by atoms with van der Waals surface area (Å²) in [5.41, 5.74) is -0.165. The minimum absolute atomic E-state index is 0.0105. The second kappa shape index (κ2) is 7.70. The van der Waals surface area contributed by atoms with Crippen LogP contribution in [0.25, 0.3) is 0 Å². The van der Waals surface area contributed by atoms with Crippen molar-refractivity contribution in [2.24, 2.45) is 0 Å². The Morgan fingerprint density at radius 2 is 1.79 bits per heavy atom. The van der Waals surface area contributed by atoms with Gasteiger partial charge < -0.3 is 10.2 Å². The molecule has 0 aromatic heterocycles. The maximum atomic E-state index is 13.6. The Morgan fingerprint density at radius 3 is 2.26 bits per heavy atom. The lowest BCUT2D eigenvalue weighted by molar-refractivity contribution is 0.303. The number of hydrogen-bond acceptors (Lipinski definition) is 3. The molecule has 19 heavy (non-hydrogen) atoms. The van der Waals surface area contributed by atoms with E-state index in [0.29, 0.717) is 6.54 Å². The molecule has 0 radical (unpaired) electrons.